The average molecular weight is 284 g/mol. The lowest BCUT2D eigenvalue weighted by atomic mass is 10.0. The fourth-order valence-corrected chi connectivity index (χ4v) is 3.38. The Morgan fingerprint density at radius 3 is 2.45 bits per heavy atom. The molecular formula is C18H20OS. The first-order valence-electron chi connectivity index (χ1n) is 7.30. The second-order valence-electron chi connectivity index (χ2n) is 5.20. The maximum absolute atomic E-state index is 5.83. The Labute approximate surface area is 125 Å². The van der Waals surface area contributed by atoms with Crippen molar-refractivity contribution in [1.29, 1.82) is 0 Å². The van der Waals surface area contributed by atoms with E-state index in [1.807, 2.05) is 11.8 Å². The summed E-state index contributed by atoms with van der Waals surface area (Å²) in [6.45, 7) is 0.912. The Balaban J connectivity index is 1.58. The van der Waals surface area contributed by atoms with Crippen LogP contribution in [-0.4, -0.2) is 6.61 Å². The smallest absolute Gasteiger partial charge is 0.0824 e. The fraction of sp³-hybridized carbons (Fsp3) is 0.333. The summed E-state index contributed by atoms with van der Waals surface area (Å²) >= 11 is 1.89. The Morgan fingerprint density at radius 2 is 1.75 bits per heavy atom. The van der Waals surface area contributed by atoms with Gasteiger partial charge >= 0.3 is 0 Å². The molecule has 104 valence electrons. The Bertz CT molecular complexity index is 515. The minimum absolute atomic E-state index is 0.317. The van der Waals surface area contributed by atoms with Crippen LogP contribution < -0.4 is 0 Å². The van der Waals surface area contributed by atoms with E-state index in [9.17, 15) is 0 Å². The van der Waals surface area contributed by atoms with Crippen molar-refractivity contribution in [3.63, 3.8) is 0 Å². The lowest BCUT2D eigenvalue weighted by Gasteiger charge is -2.23. The maximum atomic E-state index is 5.83. The van der Waals surface area contributed by atoms with Gasteiger partial charge in [0.1, 0.15) is 0 Å². The van der Waals surface area contributed by atoms with Crippen LogP contribution in [0.2, 0.25) is 0 Å². The molecule has 0 spiro atoms. The van der Waals surface area contributed by atoms with E-state index in [4.69, 9.17) is 4.74 Å². The van der Waals surface area contributed by atoms with Crippen LogP contribution in [0.4, 0.5) is 0 Å². The van der Waals surface area contributed by atoms with Crippen LogP contribution in [0.25, 0.3) is 0 Å². The van der Waals surface area contributed by atoms with E-state index in [-0.39, 0.29) is 0 Å². The highest BCUT2D eigenvalue weighted by atomic mass is 32.2. The van der Waals surface area contributed by atoms with Gasteiger partial charge in [-0.2, -0.15) is 0 Å². The first-order valence-corrected chi connectivity index (χ1v) is 8.29. The average Bonchev–Trinajstić information content (AvgIpc) is 2.55. The predicted octanol–water partition coefficient (Wildman–Crippen LogP) is 5.22. The van der Waals surface area contributed by atoms with Crippen molar-refractivity contribution in [2.24, 2.45) is 0 Å². The molecule has 0 unspecified atom stereocenters. The molecular weight excluding hydrogens is 264 g/mol. The Kier molecular flexibility index (Phi) is 4.77. The van der Waals surface area contributed by atoms with Gasteiger partial charge in [-0.05, 0) is 42.5 Å². The van der Waals surface area contributed by atoms with Crippen molar-refractivity contribution >= 4 is 11.8 Å². The molecule has 0 amide bonds. The lowest BCUT2D eigenvalue weighted by molar-refractivity contribution is 0.0149. The third-order valence-corrected chi connectivity index (χ3v) is 4.76. The zero-order chi connectivity index (χ0) is 13.6. The molecule has 2 heteroatoms. The molecule has 0 aromatic heterocycles. The number of ether oxygens (including phenoxy) is 1. The zero-order valence-electron chi connectivity index (χ0n) is 11.6. The molecule has 2 aromatic carbocycles. The summed E-state index contributed by atoms with van der Waals surface area (Å²) in [4.78, 5) is 1.33. The van der Waals surface area contributed by atoms with Crippen molar-refractivity contribution in [1.82, 2.24) is 0 Å². The second kappa shape index (κ2) is 6.96. The van der Waals surface area contributed by atoms with Gasteiger partial charge in [0.15, 0.2) is 0 Å². The molecule has 20 heavy (non-hydrogen) atoms. The van der Waals surface area contributed by atoms with Crippen molar-refractivity contribution in [3.05, 3.63) is 65.7 Å². The van der Waals surface area contributed by atoms with E-state index < -0.39 is 0 Å². The van der Waals surface area contributed by atoms with E-state index in [0.29, 0.717) is 6.10 Å². The maximum Gasteiger partial charge on any atom is 0.0824 e. The largest absolute Gasteiger partial charge is 0.374 e. The third-order valence-electron chi connectivity index (χ3n) is 3.68. The van der Waals surface area contributed by atoms with Crippen LogP contribution in [0.5, 0.6) is 0 Å². The standard InChI is InChI=1S/C18H20OS/c1-2-6-15(7-3-1)14-20-17-11-9-16(10-12-17)18-8-4-5-13-19-18/h1-3,6-7,9-12,18H,4-5,8,13-14H2/t18-/m1/s1. The summed E-state index contributed by atoms with van der Waals surface area (Å²) in [6, 6.07) is 19.5. The molecule has 0 radical (unpaired) electrons. The number of hydrogen-bond donors (Lipinski definition) is 0. The molecule has 1 saturated heterocycles. The Hall–Kier alpha value is -1.25. The van der Waals surface area contributed by atoms with E-state index in [2.05, 4.69) is 54.6 Å². The van der Waals surface area contributed by atoms with Crippen LogP contribution in [0.3, 0.4) is 0 Å². The molecule has 1 aliphatic heterocycles. The van der Waals surface area contributed by atoms with E-state index >= 15 is 0 Å². The third kappa shape index (κ3) is 3.65. The van der Waals surface area contributed by atoms with Crippen molar-refractivity contribution < 1.29 is 4.74 Å². The molecule has 0 N–H and O–H groups in total. The number of benzene rings is 2. The first-order chi connectivity index (χ1) is 9.92. The monoisotopic (exact) mass is 284 g/mol. The van der Waals surface area contributed by atoms with Crippen LogP contribution in [0.1, 0.15) is 36.5 Å². The summed E-state index contributed by atoms with van der Waals surface area (Å²) in [5.74, 6) is 1.03. The summed E-state index contributed by atoms with van der Waals surface area (Å²) < 4.78 is 5.83. The first kappa shape index (κ1) is 13.7. The van der Waals surface area contributed by atoms with Gasteiger partial charge in [0, 0.05) is 17.3 Å². The second-order valence-corrected chi connectivity index (χ2v) is 6.25. The van der Waals surface area contributed by atoms with Gasteiger partial charge in [0.2, 0.25) is 0 Å². The summed E-state index contributed by atoms with van der Waals surface area (Å²) in [6.07, 6.45) is 3.98. The quantitative estimate of drug-likeness (QED) is 0.712. The molecule has 1 aliphatic rings. The van der Waals surface area contributed by atoms with Gasteiger partial charge in [-0.25, -0.2) is 0 Å². The molecule has 0 bridgehead atoms. The van der Waals surface area contributed by atoms with E-state index in [0.717, 1.165) is 18.8 Å². The highest BCUT2D eigenvalue weighted by Crippen LogP contribution is 2.30. The van der Waals surface area contributed by atoms with E-state index in [1.165, 1.54) is 28.9 Å². The normalized spacial score (nSPS) is 18.9. The van der Waals surface area contributed by atoms with Gasteiger partial charge in [0.05, 0.1) is 6.10 Å². The number of thioether (sulfide) groups is 1. The number of rotatable bonds is 4. The Morgan fingerprint density at radius 1 is 0.950 bits per heavy atom. The molecule has 0 aliphatic carbocycles. The molecule has 2 aromatic rings. The highest BCUT2D eigenvalue weighted by Gasteiger charge is 2.15. The minimum Gasteiger partial charge on any atom is -0.374 e. The van der Waals surface area contributed by atoms with Crippen molar-refractivity contribution in [2.45, 2.75) is 36.0 Å². The van der Waals surface area contributed by atoms with Crippen molar-refractivity contribution in [3.8, 4) is 0 Å². The lowest BCUT2D eigenvalue weighted by Crippen LogP contribution is -2.11. The van der Waals surface area contributed by atoms with Gasteiger partial charge in [-0.1, -0.05) is 42.5 Å². The molecule has 0 saturated carbocycles. The molecule has 3 rings (SSSR count). The van der Waals surface area contributed by atoms with Crippen LogP contribution in [0, 0.1) is 0 Å². The highest BCUT2D eigenvalue weighted by molar-refractivity contribution is 7.98. The van der Waals surface area contributed by atoms with Gasteiger partial charge in [-0.15, -0.1) is 11.8 Å². The predicted molar refractivity (Wildman–Crippen MR) is 85.0 cm³/mol. The van der Waals surface area contributed by atoms with Crippen LogP contribution in [-0.2, 0) is 10.5 Å². The van der Waals surface area contributed by atoms with E-state index in [1.54, 1.807) is 0 Å². The van der Waals surface area contributed by atoms with Gasteiger partial charge in [-0.3, -0.25) is 0 Å². The van der Waals surface area contributed by atoms with Crippen LogP contribution in [0.15, 0.2) is 59.5 Å². The summed E-state index contributed by atoms with van der Waals surface area (Å²) in [5.41, 5.74) is 2.70. The van der Waals surface area contributed by atoms with Gasteiger partial charge in [0.25, 0.3) is 0 Å². The summed E-state index contributed by atoms with van der Waals surface area (Å²) in [5, 5.41) is 0. The molecule has 1 atom stereocenters. The molecule has 1 fully saturated rings. The molecule has 1 heterocycles. The minimum atomic E-state index is 0.317. The topological polar surface area (TPSA) is 9.23 Å². The fourth-order valence-electron chi connectivity index (χ4n) is 2.52. The van der Waals surface area contributed by atoms with Crippen molar-refractivity contribution in [2.75, 3.05) is 6.61 Å². The summed E-state index contributed by atoms with van der Waals surface area (Å²) in [7, 11) is 0. The molecule has 1 nitrogen and oxygen atoms in total. The van der Waals surface area contributed by atoms with Crippen LogP contribution >= 0.6 is 11.8 Å². The van der Waals surface area contributed by atoms with Gasteiger partial charge < -0.3 is 4.74 Å². The SMILES string of the molecule is c1ccc(CSc2ccc([C@H]3CCCCO3)cc2)cc1. The number of hydrogen-bond acceptors (Lipinski definition) is 2. The zero-order valence-corrected chi connectivity index (χ0v) is 12.4.